The third kappa shape index (κ3) is 6.02. The molecule has 10 heteroatoms. The molecule has 7 nitrogen and oxygen atoms in total. The monoisotopic (exact) mass is 430 g/mol. The Hall–Kier alpha value is -1.97. The number of sulfone groups is 1. The Kier molecular flexibility index (Phi) is 6.96. The third-order valence-corrected chi connectivity index (χ3v) is 6.38. The van der Waals surface area contributed by atoms with Gasteiger partial charge in [0.1, 0.15) is 0 Å². The lowest BCUT2D eigenvalue weighted by Gasteiger charge is -2.05. The maximum absolute atomic E-state index is 12.0. The summed E-state index contributed by atoms with van der Waals surface area (Å²) < 4.78 is 23.7. The highest BCUT2D eigenvalue weighted by Crippen LogP contribution is 2.35. The summed E-state index contributed by atoms with van der Waals surface area (Å²) in [7, 11) is -3.47. The second-order valence-corrected chi connectivity index (χ2v) is 9.39. The first-order valence-electron chi connectivity index (χ1n) is 8.07. The fourth-order valence-electron chi connectivity index (χ4n) is 2.39. The van der Waals surface area contributed by atoms with Crippen LogP contribution < -0.4 is 5.32 Å². The largest absolute Gasteiger partial charge is 0.481 e. The van der Waals surface area contributed by atoms with Gasteiger partial charge < -0.3 is 10.4 Å². The minimum Gasteiger partial charge on any atom is -0.481 e. The van der Waals surface area contributed by atoms with Gasteiger partial charge in [-0.3, -0.25) is 9.59 Å². The van der Waals surface area contributed by atoms with E-state index in [1.54, 1.807) is 13.0 Å². The van der Waals surface area contributed by atoms with E-state index in [0.717, 1.165) is 11.1 Å². The number of nitrogens with zero attached hydrogens (tertiary/aromatic N) is 1. The Balaban J connectivity index is 2.13. The Morgan fingerprint density at radius 1 is 1.26 bits per heavy atom. The van der Waals surface area contributed by atoms with Crippen molar-refractivity contribution in [1.82, 2.24) is 4.98 Å². The molecule has 0 bridgehead atoms. The second kappa shape index (κ2) is 8.81. The topological polar surface area (TPSA) is 113 Å². The first-order chi connectivity index (χ1) is 12.6. The molecular weight excluding hydrogens is 412 g/mol. The van der Waals surface area contributed by atoms with E-state index in [0.29, 0.717) is 29.2 Å². The lowest BCUT2D eigenvalue weighted by atomic mass is 10.2. The maximum Gasteiger partial charge on any atom is 0.303 e. The SMILES string of the molecule is Cc1nc(NC(=O)CCCCC(=O)O)sc1-c1ccc(Cl)c(S(C)(=O)=O)c1. The summed E-state index contributed by atoms with van der Waals surface area (Å²) in [5.74, 6) is -1.12. The first-order valence-corrected chi connectivity index (χ1v) is 11.2. The van der Waals surface area contributed by atoms with Gasteiger partial charge in [-0.05, 0) is 37.5 Å². The van der Waals surface area contributed by atoms with Crippen LogP contribution in [0.4, 0.5) is 5.13 Å². The standard InChI is InChI=1S/C17H19ClN2O5S2/c1-10-16(11-7-8-12(18)13(9-11)27(2,24)25)26-17(19-10)20-14(21)5-3-4-6-15(22)23/h7-9H,3-6H2,1-2H3,(H,22,23)(H,19,20,21). The summed E-state index contributed by atoms with van der Waals surface area (Å²) >= 11 is 7.21. The predicted octanol–water partition coefficient (Wildman–Crippen LogP) is 3.76. The van der Waals surface area contributed by atoms with Gasteiger partial charge in [0.25, 0.3) is 0 Å². The smallest absolute Gasteiger partial charge is 0.303 e. The number of halogens is 1. The highest BCUT2D eigenvalue weighted by atomic mass is 35.5. The van der Waals surface area contributed by atoms with Gasteiger partial charge in [-0.2, -0.15) is 0 Å². The zero-order valence-electron chi connectivity index (χ0n) is 14.8. The van der Waals surface area contributed by atoms with Crippen molar-refractivity contribution in [1.29, 1.82) is 0 Å². The number of benzene rings is 1. The molecule has 0 aliphatic rings. The van der Waals surface area contributed by atoms with Crippen molar-refractivity contribution < 1.29 is 23.1 Å². The Morgan fingerprint density at radius 3 is 2.56 bits per heavy atom. The number of anilines is 1. The molecule has 0 aliphatic heterocycles. The Bertz CT molecular complexity index is 970. The van der Waals surface area contributed by atoms with Crippen molar-refractivity contribution in [2.45, 2.75) is 37.5 Å². The van der Waals surface area contributed by atoms with Crippen molar-refractivity contribution in [3.05, 3.63) is 28.9 Å². The highest BCUT2D eigenvalue weighted by Gasteiger charge is 2.17. The van der Waals surface area contributed by atoms with Crippen molar-refractivity contribution in [2.24, 2.45) is 0 Å². The number of carbonyl (C=O) groups excluding carboxylic acids is 1. The number of unbranched alkanes of at least 4 members (excludes halogenated alkanes) is 1. The average Bonchev–Trinajstić information content (AvgIpc) is 2.91. The zero-order chi connectivity index (χ0) is 20.2. The molecule has 0 unspecified atom stereocenters. The van der Waals surface area contributed by atoms with Crippen LogP contribution >= 0.6 is 22.9 Å². The summed E-state index contributed by atoms with van der Waals surface area (Å²) in [5.41, 5.74) is 1.31. The number of carboxylic acid groups (broad SMARTS) is 1. The number of amides is 1. The average molecular weight is 431 g/mol. The summed E-state index contributed by atoms with van der Waals surface area (Å²) in [6.07, 6.45) is 2.25. The van der Waals surface area contributed by atoms with Crippen molar-refractivity contribution >= 4 is 49.8 Å². The number of aryl methyl sites for hydroxylation is 1. The molecule has 0 saturated carbocycles. The third-order valence-electron chi connectivity index (χ3n) is 3.68. The molecule has 2 rings (SSSR count). The van der Waals surface area contributed by atoms with Gasteiger partial charge in [0.15, 0.2) is 15.0 Å². The van der Waals surface area contributed by atoms with Crippen molar-refractivity contribution in [2.75, 3.05) is 11.6 Å². The first kappa shape index (κ1) is 21.3. The van der Waals surface area contributed by atoms with Gasteiger partial charge in [0, 0.05) is 19.1 Å². The van der Waals surface area contributed by atoms with E-state index in [2.05, 4.69) is 10.3 Å². The summed E-state index contributed by atoms with van der Waals surface area (Å²) in [6, 6.07) is 4.72. The molecule has 0 spiro atoms. The van der Waals surface area contributed by atoms with Crippen LogP contribution in [0, 0.1) is 6.92 Å². The van der Waals surface area contributed by atoms with Gasteiger partial charge >= 0.3 is 5.97 Å². The number of rotatable bonds is 8. The van der Waals surface area contributed by atoms with Crippen LogP contribution in [-0.2, 0) is 19.4 Å². The van der Waals surface area contributed by atoms with E-state index in [9.17, 15) is 18.0 Å². The fraction of sp³-hybridized carbons (Fsp3) is 0.353. The second-order valence-electron chi connectivity index (χ2n) is 6.00. The molecule has 146 valence electrons. The minimum atomic E-state index is -3.47. The van der Waals surface area contributed by atoms with Gasteiger partial charge in [0.2, 0.25) is 5.91 Å². The predicted molar refractivity (Wildman–Crippen MR) is 105 cm³/mol. The van der Waals surface area contributed by atoms with E-state index in [1.807, 2.05) is 0 Å². The minimum absolute atomic E-state index is 0.0347. The number of carbonyl (C=O) groups is 2. The van der Waals surface area contributed by atoms with Crippen LogP contribution in [-0.4, -0.2) is 36.6 Å². The molecular formula is C17H19ClN2O5S2. The molecule has 1 heterocycles. The van der Waals surface area contributed by atoms with E-state index >= 15 is 0 Å². The molecule has 2 N–H and O–H groups in total. The number of nitrogens with one attached hydrogen (secondary N) is 1. The molecule has 2 aromatic rings. The molecule has 0 fully saturated rings. The molecule has 1 aromatic heterocycles. The number of aromatic nitrogens is 1. The van der Waals surface area contributed by atoms with Crippen LogP contribution in [0.2, 0.25) is 5.02 Å². The van der Waals surface area contributed by atoms with Crippen LogP contribution in [0.25, 0.3) is 10.4 Å². The normalized spacial score (nSPS) is 11.4. The highest BCUT2D eigenvalue weighted by molar-refractivity contribution is 7.90. The maximum atomic E-state index is 12.0. The molecule has 0 atom stereocenters. The quantitative estimate of drug-likeness (QED) is 0.616. The van der Waals surface area contributed by atoms with Crippen LogP contribution in [0.15, 0.2) is 23.1 Å². The van der Waals surface area contributed by atoms with E-state index in [1.165, 1.54) is 23.5 Å². The summed E-state index contributed by atoms with van der Waals surface area (Å²) in [4.78, 5) is 27.5. The van der Waals surface area contributed by atoms with Crippen molar-refractivity contribution in [3.8, 4) is 10.4 Å². The number of aliphatic carboxylic acids is 1. The summed E-state index contributed by atoms with van der Waals surface area (Å²) in [5, 5.41) is 11.8. The molecule has 0 saturated heterocycles. The lowest BCUT2D eigenvalue weighted by Crippen LogP contribution is -2.11. The number of carboxylic acids is 1. The molecule has 27 heavy (non-hydrogen) atoms. The Morgan fingerprint density at radius 2 is 1.93 bits per heavy atom. The fourth-order valence-corrected chi connectivity index (χ4v) is 4.67. The number of thiazole rings is 1. The van der Waals surface area contributed by atoms with Crippen molar-refractivity contribution in [3.63, 3.8) is 0 Å². The van der Waals surface area contributed by atoms with Gasteiger partial charge in [-0.15, -0.1) is 0 Å². The van der Waals surface area contributed by atoms with Gasteiger partial charge in [-0.25, -0.2) is 13.4 Å². The van der Waals surface area contributed by atoms with Gasteiger partial charge in [0.05, 0.1) is 20.5 Å². The van der Waals surface area contributed by atoms with Crippen LogP contribution in [0.1, 0.15) is 31.4 Å². The number of hydrogen-bond donors (Lipinski definition) is 2. The van der Waals surface area contributed by atoms with Crippen LogP contribution in [0.3, 0.4) is 0 Å². The zero-order valence-corrected chi connectivity index (χ0v) is 17.2. The molecule has 0 aliphatic carbocycles. The molecule has 1 aromatic carbocycles. The molecule has 0 radical (unpaired) electrons. The van der Waals surface area contributed by atoms with E-state index in [-0.39, 0.29) is 28.7 Å². The van der Waals surface area contributed by atoms with E-state index in [4.69, 9.17) is 16.7 Å². The molecule has 1 amide bonds. The lowest BCUT2D eigenvalue weighted by molar-refractivity contribution is -0.137. The van der Waals surface area contributed by atoms with E-state index < -0.39 is 15.8 Å². The van der Waals surface area contributed by atoms with Gasteiger partial charge in [-0.1, -0.05) is 29.0 Å². The summed E-state index contributed by atoms with van der Waals surface area (Å²) in [6.45, 7) is 1.77. The van der Waals surface area contributed by atoms with Crippen LogP contribution in [0.5, 0.6) is 0 Å². The number of hydrogen-bond acceptors (Lipinski definition) is 6. The Labute approximate surface area is 166 Å².